The molecule has 2 aromatic carbocycles. The Balaban J connectivity index is 1.75. The number of hydrogen-bond donors (Lipinski definition) is 2. The zero-order chi connectivity index (χ0) is 18.7. The van der Waals surface area contributed by atoms with Gasteiger partial charge in [-0.15, -0.1) is 0 Å². The molecule has 2 N–H and O–H groups in total. The Labute approximate surface area is 152 Å². The van der Waals surface area contributed by atoms with Gasteiger partial charge in [0.25, 0.3) is 5.91 Å². The van der Waals surface area contributed by atoms with Crippen molar-refractivity contribution in [1.82, 2.24) is 4.90 Å². The standard InChI is InChI=1S/C20H22N2O4/c1-13-12-14(9-10-18(13)26-2)21-19(24)16-7-5-11-22(16)20(25)15-6-3-4-8-17(15)23/h3-4,6,8-10,12,16,23H,5,7,11H2,1-2H3,(H,21,24). The predicted molar refractivity (Wildman–Crippen MR) is 98.5 cm³/mol. The number of ether oxygens (including phenoxy) is 1. The predicted octanol–water partition coefficient (Wildman–Crippen LogP) is 2.95. The lowest BCUT2D eigenvalue weighted by Crippen LogP contribution is -2.43. The fourth-order valence-corrected chi connectivity index (χ4v) is 3.27. The number of likely N-dealkylation sites (tertiary alicyclic amines) is 1. The smallest absolute Gasteiger partial charge is 0.258 e. The van der Waals surface area contributed by atoms with Crippen LogP contribution in [0.25, 0.3) is 0 Å². The van der Waals surface area contributed by atoms with E-state index in [1.807, 2.05) is 13.0 Å². The Bertz CT molecular complexity index is 834. The van der Waals surface area contributed by atoms with Gasteiger partial charge in [0.1, 0.15) is 17.5 Å². The van der Waals surface area contributed by atoms with Gasteiger partial charge in [-0.3, -0.25) is 9.59 Å². The molecule has 1 unspecified atom stereocenters. The van der Waals surface area contributed by atoms with Gasteiger partial charge in [0.2, 0.25) is 5.91 Å². The molecule has 0 saturated carbocycles. The van der Waals surface area contributed by atoms with Gasteiger partial charge < -0.3 is 20.1 Å². The first-order valence-corrected chi connectivity index (χ1v) is 8.55. The quantitative estimate of drug-likeness (QED) is 0.885. The summed E-state index contributed by atoms with van der Waals surface area (Å²) < 4.78 is 5.22. The minimum Gasteiger partial charge on any atom is -0.507 e. The fourth-order valence-electron chi connectivity index (χ4n) is 3.27. The molecular weight excluding hydrogens is 332 g/mol. The highest BCUT2D eigenvalue weighted by atomic mass is 16.5. The van der Waals surface area contributed by atoms with E-state index in [1.54, 1.807) is 37.4 Å². The van der Waals surface area contributed by atoms with Crippen molar-refractivity contribution in [3.05, 3.63) is 53.6 Å². The SMILES string of the molecule is COc1ccc(NC(=O)C2CCCN2C(=O)c2ccccc2O)cc1C. The van der Waals surface area contributed by atoms with Crippen LogP contribution in [0.5, 0.6) is 11.5 Å². The maximum atomic E-state index is 12.7. The van der Waals surface area contributed by atoms with Gasteiger partial charge in [-0.05, 0) is 55.7 Å². The Hall–Kier alpha value is -3.02. The van der Waals surface area contributed by atoms with Crippen LogP contribution in [0.1, 0.15) is 28.8 Å². The van der Waals surface area contributed by atoms with Crippen LogP contribution in [0.2, 0.25) is 0 Å². The summed E-state index contributed by atoms with van der Waals surface area (Å²) in [4.78, 5) is 27.0. The lowest BCUT2D eigenvalue weighted by atomic mass is 10.1. The third-order valence-electron chi connectivity index (χ3n) is 4.61. The van der Waals surface area contributed by atoms with Crippen molar-refractivity contribution in [2.75, 3.05) is 19.0 Å². The maximum absolute atomic E-state index is 12.7. The number of amides is 2. The van der Waals surface area contributed by atoms with Crippen LogP contribution in [0, 0.1) is 6.92 Å². The van der Waals surface area contributed by atoms with Crippen LogP contribution in [-0.2, 0) is 4.79 Å². The Morgan fingerprint density at radius 2 is 2.00 bits per heavy atom. The maximum Gasteiger partial charge on any atom is 0.258 e. The third-order valence-corrected chi connectivity index (χ3v) is 4.61. The monoisotopic (exact) mass is 354 g/mol. The van der Waals surface area contributed by atoms with E-state index >= 15 is 0 Å². The first kappa shape index (κ1) is 17.8. The van der Waals surface area contributed by atoms with E-state index < -0.39 is 6.04 Å². The Morgan fingerprint density at radius 3 is 2.69 bits per heavy atom. The molecule has 1 aliphatic rings. The summed E-state index contributed by atoms with van der Waals surface area (Å²) in [5.41, 5.74) is 1.79. The van der Waals surface area contributed by atoms with E-state index in [-0.39, 0.29) is 23.1 Å². The van der Waals surface area contributed by atoms with Crippen LogP contribution in [0.3, 0.4) is 0 Å². The molecule has 0 aliphatic carbocycles. The molecular formula is C20H22N2O4. The van der Waals surface area contributed by atoms with E-state index in [0.29, 0.717) is 18.7 Å². The number of phenols is 1. The lowest BCUT2D eigenvalue weighted by Gasteiger charge is -2.24. The van der Waals surface area contributed by atoms with E-state index in [9.17, 15) is 14.7 Å². The summed E-state index contributed by atoms with van der Waals surface area (Å²) in [7, 11) is 1.60. The second-order valence-corrected chi connectivity index (χ2v) is 6.35. The number of anilines is 1. The van der Waals surface area contributed by atoms with Gasteiger partial charge >= 0.3 is 0 Å². The van der Waals surface area contributed by atoms with Crippen LogP contribution in [0.15, 0.2) is 42.5 Å². The zero-order valence-electron chi connectivity index (χ0n) is 14.9. The normalized spacial score (nSPS) is 16.4. The molecule has 0 radical (unpaired) electrons. The third kappa shape index (κ3) is 3.49. The minimum absolute atomic E-state index is 0.0747. The summed E-state index contributed by atoms with van der Waals surface area (Å²) in [6, 6.07) is 11.2. The van der Waals surface area contributed by atoms with E-state index in [4.69, 9.17) is 4.74 Å². The molecule has 0 bridgehead atoms. The van der Waals surface area contributed by atoms with Gasteiger partial charge in [0, 0.05) is 12.2 Å². The first-order valence-electron chi connectivity index (χ1n) is 8.55. The van der Waals surface area contributed by atoms with Crippen molar-refractivity contribution in [1.29, 1.82) is 0 Å². The fraction of sp³-hybridized carbons (Fsp3) is 0.300. The number of carbonyl (C=O) groups is 2. The van der Waals surface area contributed by atoms with Crippen molar-refractivity contribution < 1.29 is 19.4 Å². The molecule has 2 amide bonds. The van der Waals surface area contributed by atoms with Crippen LogP contribution < -0.4 is 10.1 Å². The summed E-state index contributed by atoms with van der Waals surface area (Å²) in [5, 5.41) is 12.8. The molecule has 2 aromatic rings. The molecule has 6 nitrogen and oxygen atoms in total. The molecule has 136 valence electrons. The van der Waals surface area contributed by atoms with E-state index in [0.717, 1.165) is 17.7 Å². The number of benzene rings is 2. The highest BCUT2D eigenvalue weighted by Crippen LogP contribution is 2.26. The number of para-hydroxylation sites is 1. The number of methoxy groups -OCH3 is 1. The molecule has 3 rings (SSSR count). The van der Waals surface area contributed by atoms with Crippen LogP contribution in [-0.4, -0.2) is 41.5 Å². The second kappa shape index (κ2) is 7.47. The van der Waals surface area contributed by atoms with E-state index in [1.165, 1.54) is 11.0 Å². The van der Waals surface area contributed by atoms with Crippen molar-refractivity contribution in [2.45, 2.75) is 25.8 Å². The number of nitrogens with one attached hydrogen (secondary N) is 1. The Morgan fingerprint density at radius 1 is 1.23 bits per heavy atom. The highest BCUT2D eigenvalue weighted by molar-refractivity contribution is 6.02. The molecule has 26 heavy (non-hydrogen) atoms. The van der Waals surface area contributed by atoms with Crippen molar-refractivity contribution in [3.63, 3.8) is 0 Å². The first-order chi connectivity index (χ1) is 12.5. The second-order valence-electron chi connectivity index (χ2n) is 6.35. The van der Waals surface area contributed by atoms with Crippen LogP contribution in [0.4, 0.5) is 5.69 Å². The number of nitrogens with zero attached hydrogens (tertiary/aromatic N) is 1. The van der Waals surface area contributed by atoms with Gasteiger partial charge in [0.15, 0.2) is 0 Å². The molecule has 1 aliphatic heterocycles. The molecule has 1 fully saturated rings. The molecule has 0 spiro atoms. The van der Waals surface area contributed by atoms with Crippen molar-refractivity contribution in [2.24, 2.45) is 0 Å². The summed E-state index contributed by atoms with van der Waals surface area (Å²) in [6.45, 7) is 2.39. The minimum atomic E-state index is -0.551. The van der Waals surface area contributed by atoms with Gasteiger partial charge in [0.05, 0.1) is 12.7 Å². The number of aromatic hydroxyl groups is 1. The number of aryl methyl sites for hydroxylation is 1. The Kier molecular flexibility index (Phi) is 5.11. The van der Waals surface area contributed by atoms with Crippen molar-refractivity contribution in [3.8, 4) is 11.5 Å². The molecule has 6 heteroatoms. The average Bonchev–Trinajstić information content (AvgIpc) is 3.11. The average molecular weight is 354 g/mol. The van der Waals surface area contributed by atoms with Crippen molar-refractivity contribution >= 4 is 17.5 Å². The topological polar surface area (TPSA) is 78.9 Å². The molecule has 1 saturated heterocycles. The largest absolute Gasteiger partial charge is 0.507 e. The molecule has 1 atom stereocenters. The summed E-state index contributed by atoms with van der Waals surface area (Å²) in [5.74, 6) is 0.122. The van der Waals surface area contributed by atoms with Gasteiger partial charge in [-0.2, -0.15) is 0 Å². The highest BCUT2D eigenvalue weighted by Gasteiger charge is 2.35. The van der Waals surface area contributed by atoms with Gasteiger partial charge in [-0.1, -0.05) is 12.1 Å². The number of carbonyl (C=O) groups excluding carboxylic acids is 2. The summed E-state index contributed by atoms with van der Waals surface area (Å²) in [6.07, 6.45) is 1.35. The summed E-state index contributed by atoms with van der Waals surface area (Å²) >= 11 is 0. The lowest BCUT2D eigenvalue weighted by molar-refractivity contribution is -0.119. The molecule has 1 heterocycles. The number of rotatable bonds is 4. The van der Waals surface area contributed by atoms with E-state index in [2.05, 4.69) is 5.32 Å². The number of phenolic OH excluding ortho intramolecular Hbond substituents is 1. The zero-order valence-corrected chi connectivity index (χ0v) is 14.9. The van der Waals surface area contributed by atoms with Gasteiger partial charge in [-0.25, -0.2) is 0 Å². The number of hydrogen-bond acceptors (Lipinski definition) is 4. The molecule has 0 aromatic heterocycles. The van der Waals surface area contributed by atoms with Crippen LogP contribution >= 0.6 is 0 Å².